The maximum Gasteiger partial charge on any atom is 0.303 e. The number of amides is 1. The van der Waals surface area contributed by atoms with Gasteiger partial charge >= 0.3 is 5.97 Å². The molecule has 0 atom stereocenters. The molecule has 0 spiro atoms. The average Bonchev–Trinajstić information content (AvgIpc) is 3.23. The number of carboxylic acids is 1. The summed E-state index contributed by atoms with van der Waals surface area (Å²) in [5.41, 5.74) is 3.86. The van der Waals surface area contributed by atoms with Gasteiger partial charge in [-0.1, -0.05) is 35.9 Å². The maximum absolute atomic E-state index is 13.5. The summed E-state index contributed by atoms with van der Waals surface area (Å²) in [6.45, 7) is 3.50. The van der Waals surface area contributed by atoms with E-state index in [1.807, 2.05) is 19.1 Å². The number of carbonyl (C=O) groups excluding carboxylic acids is 1. The van der Waals surface area contributed by atoms with Crippen molar-refractivity contribution in [3.63, 3.8) is 0 Å². The number of carbonyl (C=O) groups is 2. The van der Waals surface area contributed by atoms with E-state index in [4.69, 9.17) is 0 Å². The molecule has 2 aromatic carbocycles. The molecule has 3 N–H and O–H groups in total. The van der Waals surface area contributed by atoms with Gasteiger partial charge in [-0.15, -0.1) is 0 Å². The van der Waals surface area contributed by atoms with E-state index in [2.05, 4.69) is 10.3 Å². The fourth-order valence-electron chi connectivity index (χ4n) is 3.91. The van der Waals surface area contributed by atoms with E-state index in [0.717, 1.165) is 5.56 Å². The number of anilines is 1. The number of rotatable bonds is 6. The van der Waals surface area contributed by atoms with Gasteiger partial charge in [0.1, 0.15) is 0 Å². The molecule has 0 bridgehead atoms. The van der Waals surface area contributed by atoms with Crippen molar-refractivity contribution in [3.05, 3.63) is 76.6 Å². The van der Waals surface area contributed by atoms with Crippen LogP contribution < -0.4 is 5.32 Å². The van der Waals surface area contributed by atoms with Crippen LogP contribution in [0.1, 0.15) is 34.5 Å². The van der Waals surface area contributed by atoms with Crippen LogP contribution in [0.4, 0.5) is 5.69 Å². The lowest BCUT2D eigenvalue weighted by Gasteiger charge is -2.09. The molecule has 32 heavy (non-hydrogen) atoms. The van der Waals surface area contributed by atoms with E-state index < -0.39 is 15.8 Å². The van der Waals surface area contributed by atoms with Crippen molar-refractivity contribution in [2.45, 2.75) is 36.5 Å². The van der Waals surface area contributed by atoms with Crippen molar-refractivity contribution in [2.24, 2.45) is 0 Å². The molecule has 0 radical (unpaired) electrons. The molecule has 1 aliphatic heterocycles. The van der Waals surface area contributed by atoms with Crippen LogP contribution in [-0.4, -0.2) is 30.4 Å². The lowest BCUT2D eigenvalue weighted by Crippen LogP contribution is -2.08. The van der Waals surface area contributed by atoms with Crippen molar-refractivity contribution in [1.29, 1.82) is 0 Å². The number of benzene rings is 2. The Morgan fingerprint density at radius 1 is 1.06 bits per heavy atom. The molecule has 2 heterocycles. The third-order valence-electron chi connectivity index (χ3n) is 5.45. The number of H-pyrrole nitrogens is 1. The molecule has 0 aliphatic carbocycles. The number of hydrogen-bond acceptors (Lipinski definition) is 4. The molecule has 8 heteroatoms. The Labute approximate surface area is 185 Å². The van der Waals surface area contributed by atoms with E-state index in [-0.39, 0.29) is 28.5 Å². The predicted molar refractivity (Wildman–Crippen MR) is 121 cm³/mol. The minimum Gasteiger partial charge on any atom is -0.481 e. The summed E-state index contributed by atoms with van der Waals surface area (Å²) in [5.74, 6) is -1.34. The number of aromatic amines is 1. The number of para-hydroxylation sites is 1. The van der Waals surface area contributed by atoms with E-state index in [0.29, 0.717) is 33.8 Å². The van der Waals surface area contributed by atoms with Crippen LogP contribution in [0.2, 0.25) is 0 Å². The van der Waals surface area contributed by atoms with Gasteiger partial charge in [0.2, 0.25) is 9.84 Å². The minimum atomic E-state index is -3.91. The molecule has 0 saturated carbocycles. The number of hydrogen-bond donors (Lipinski definition) is 3. The Morgan fingerprint density at radius 3 is 2.44 bits per heavy atom. The smallest absolute Gasteiger partial charge is 0.303 e. The zero-order valence-electron chi connectivity index (χ0n) is 17.6. The highest BCUT2D eigenvalue weighted by Crippen LogP contribution is 2.36. The van der Waals surface area contributed by atoms with Crippen molar-refractivity contribution < 1.29 is 23.1 Å². The second-order valence-electron chi connectivity index (χ2n) is 7.74. The summed E-state index contributed by atoms with van der Waals surface area (Å²) in [7, 11) is -3.91. The highest BCUT2D eigenvalue weighted by atomic mass is 32.2. The van der Waals surface area contributed by atoms with Gasteiger partial charge < -0.3 is 15.4 Å². The number of aliphatic carboxylic acids is 1. The number of nitrogens with one attached hydrogen (secondary N) is 2. The van der Waals surface area contributed by atoms with E-state index in [1.54, 1.807) is 37.3 Å². The van der Waals surface area contributed by atoms with Gasteiger partial charge in [-0.3, -0.25) is 9.59 Å². The summed E-state index contributed by atoms with van der Waals surface area (Å²) in [6.07, 6.45) is 1.36. The van der Waals surface area contributed by atoms with Crippen LogP contribution in [0.25, 0.3) is 11.6 Å². The molecular formula is C24H22N2O5S. The lowest BCUT2D eigenvalue weighted by atomic mass is 10.0. The van der Waals surface area contributed by atoms with Crippen molar-refractivity contribution in [1.82, 2.24) is 4.98 Å². The van der Waals surface area contributed by atoms with Gasteiger partial charge in [-0.05, 0) is 50.1 Å². The van der Waals surface area contributed by atoms with Gasteiger partial charge in [0, 0.05) is 29.1 Å². The monoisotopic (exact) mass is 450 g/mol. The van der Waals surface area contributed by atoms with Crippen LogP contribution in [0.3, 0.4) is 0 Å². The average molecular weight is 451 g/mol. The molecule has 164 valence electrons. The van der Waals surface area contributed by atoms with Crippen LogP contribution in [0.15, 0.2) is 58.3 Å². The van der Waals surface area contributed by atoms with Crippen LogP contribution >= 0.6 is 0 Å². The fraction of sp³-hybridized carbons (Fsp3) is 0.167. The molecule has 0 saturated heterocycles. The molecule has 4 rings (SSSR count). The molecule has 1 amide bonds. The zero-order valence-corrected chi connectivity index (χ0v) is 18.4. The topological polar surface area (TPSA) is 116 Å². The third kappa shape index (κ3) is 3.85. The Kier molecular flexibility index (Phi) is 5.48. The Balaban J connectivity index is 1.89. The number of aromatic nitrogens is 1. The number of fused-ring (bicyclic) bond motifs is 1. The van der Waals surface area contributed by atoms with Gasteiger partial charge in [0.15, 0.2) is 0 Å². The first-order valence-electron chi connectivity index (χ1n) is 10.1. The number of carboxylic acid groups (broad SMARTS) is 1. The van der Waals surface area contributed by atoms with E-state index in [9.17, 15) is 23.1 Å². The van der Waals surface area contributed by atoms with Gasteiger partial charge in [-0.25, -0.2) is 8.42 Å². The quantitative estimate of drug-likeness (QED) is 0.491. The SMILES string of the molecule is Cc1ccc(S(=O)(=O)c2c(C)[nH]c(C=C3C(=O)Nc4ccccc43)c2CCC(=O)O)cc1. The summed E-state index contributed by atoms with van der Waals surface area (Å²) in [5, 5.41) is 12.0. The third-order valence-corrected chi connectivity index (χ3v) is 7.43. The highest BCUT2D eigenvalue weighted by molar-refractivity contribution is 7.91. The first kappa shape index (κ1) is 21.6. The zero-order chi connectivity index (χ0) is 23.0. The lowest BCUT2D eigenvalue weighted by molar-refractivity contribution is -0.137. The first-order valence-corrected chi connectivity index (χ1v) is 11.5. The van der Waals surface area contributed by atoms with Crippen LogP contribution in [0, 0.1) is 13.8 Å². The molecular weight excluding hydrogens is 428 g/mol. The second kappa shape index (κ2) is 8.12. The van der Waals surface area contributed by atoms with Gasteiger partial charge in [0.25, 0.3) is 5.91 Å². The molecule has 1 aromatic heterocycles. The predicted octanol–water partition coefficient (Wildman–Crippen LogP) is 3.97. The van der Waals surface area contributed by atoms with Gasteiger partial charge in [-0.2, -0.15) is 0 Å². The van der Waals surface area contributed by atoms with E-state index >= 15 is 0 Å². The van der Waals surface area contributed by atoms with Crippen molar-refractivity contribution in [3.8, 4) is 0 Å². The van der Waals surface area contributed by atoms with Crippen LogP contribution in [-0.2, 0) is 25.8 Å². The standard InChI is InChI=1S/C24H22N2O5S/c1-14-7-9-16(10-8-14)32(30,31)23-15(2)25-21(18(23)11-12-22(27)28)13-19-17-5-3-4-6-20(17)26-24(19)29/h3-10,13,25H,11-12H2,1-2H3,(H,26,29)(H,27,28). The normalized spacial score (nSPS) is 14.4. The second-order valence-corrected chi connectivity index (χ2v) is 9.63. The summed E-state index contributed by atoms with van der Waals surface area (Å²) >= 11 is 0. The van der Waals surface area contributed by atoms with Crippen molar-refractivity contribution >= 4 is 39.1 Å². The number of sulfone groups is 1. The Bertz CT molecular complexity index is 1370. The minimum absolute atomic E-state index is 0.00246. The molecule has 3 aromatic rings. The first-order chi connectivity index (χ1) is 15.2. The number of aryl methyl sites for hydroxylation is 2. The van der Waals surface area contributed by atoms with Crippen molar-refractivity contribution in [2.75, 3.05) is 5.32 Å². The molecule has 0 unspecified atom stereocenters. The van der Waals surface area contributed by atoms with E-state index in [1.165, 1.54) is 12.1 Å². The maximum atomic E-state index is 13.5. The summed E-state index contributed by atoms with van der Waals surface area (Å²) in [4.78, 5) is 27.1. The molecule has 0 fully saturated rings. The Morgan fingerprint density at radius 2 is 1.75 bits per heavy atom. The van der Waals surface area contributed by atoms with Crippen LogP contribution in [0.5, 0.6) is 0 Å². The molecule has 7 nitrogen and oxygen atoms in total. The highest BCUT2D eigenvalue weighted by Gasteiger charge is 2.29. The fourth-order valence-corrected chi connectivity index (χ4v) is 5.63. The largest absolute Gasteiger partial charge is 0.481 e. The summed E-state index contributed by atoms with van der Waals surface area (Å²) in [6, 6.07) is 13.7. The summed E-state index contributed by atoms with van der Waals surface area (Å²) < 4.78 is 27.0. The molecule has 1 aliphatic rings. The Hall–Kier alpha value is -3.65. The van der Waals surface area contributed by atoms with Gasteiger partial charge in [0.05, 0.1) is 15.4 Å².